The summed E-state index contributed by atoms with van der Waals surface area (Å²) in [4.78, 5) is 24.6. The molecule has 0 aromatic heterocycles. The molecule has 0 heterocycles. The highest BCUT2D eigenvalue weighted by molar-refractivity contribution is 5.82. The second-order valence-electron chi connectivity index (χ2n) is 8.46. The average Bonchev–Trinajstić information content (AvgIpc) is 2.46. The maximum atomic E-state index is 12.5. The van der Waals surface area contributed by atoms with Crippen LogP contribution in [0.3, 0.4) is 0 Å². The monoisotopic (exact) mass is 366 g/mol. The lowest BCUT2D eigenvalue weighted by molar-refractivity contribution is -0.157. The van der Waals surface area contributed by atoms with E-state index in [-0.39, 0.29) is 29.9 Å². The highest BCUT2D eigenvalue weighted by atomic mass is 16.6. The van der Waals surface area contributed by atoms with E-state index in [1.165, 1.54) is 6.07 Å². The van der Waals surface area contributed by atoms with E-state index in [0.717, 1.165) is 0 Å². The molecule has 1 amide bonds. The molecule has 146 valence electrons. The molecule has 0 radical (unpaired) electrons. The molecule has 26 heavy (non-hydrogen) atoms. The van der Waals surface area contributed by atoms with Gasteiger partial charge in [-0.05, 0) is 43.9 Å². The Hall–Kier alpha value is -2.44. The van der Waals surface area contributed by atoms with Crippen molar-refractivity contribution in [1.29, 1.82) is 0 Å². The fraction of sp³-hybridized carbons (Fsp3) is 0.579. The Bertz CT molecular complexity index is 644. The largest absolute Gasteiger partial charge is 0.506 e. The zero-order valence-electron chi connectivity index (χ0n) is 16.4. The lowest BCUT2D eigenvalue weighted by Gasteiger charge is -2.25. The second kappa shape index (κ2) is 8.29. The smallest absolute Gasteiger partial charge is 0.407 e. The number of alkyl carbamates (subject to hydrolysis) is 1. The number of hydrogen-bond acceptors (Lipinski definition) is 6. The highest BCUT2D eigenvalue weighted by Crippen LogP contribution is 2.22. The number of aromatic hydroxyl groups is 1. The van der Waals surface area contributed by atoms with E-state index in [9.17, 15) is 14.7 Å². The molecule has 0 aliphatic carbocycles. The number of rotatable bonds is 5. The van der Waals surface area contributed by atoms with Gasteiger partial charge in [-0.25, -0.2) is 9.59 Å². The van der Waals surface area contributed by atoms with Crippen LogP contribution >= 0.6 is 0 Å². The maximum Gasteiger partial charge on any atom is 0.407 e. The Kier molecular flexibility index (Phi) is 6.89. The van der Waals surface area contributed by atoms with Crippen LogP contribution in [-0.4, -0.2) is 35.4 Å². The Morgan fingerprint density at radius 3 is 2.31 bits per heavy atom. The van der Waals surface area contributed by atoms with Crippen LogP contribution in [0.15, 0.2) is 18.2 Å². The molecule has 0 unspecified atom stereocenters. The van der Waals surface area contributed by atoms with Crippen LogP contribution < -0.4 is 11.1 Å². The molecule has 0 bridgehead atoms. The lowest BCUT2D eigenvalue weighted by atomic mass is 9.99. The Labute approximate surface area is 154 Å². The molecular formula is C19H30N2O5. The molecule has 4 N–H and O–H groups in total. The lowest BCUT2D eigenvalue weighted by Crippen LogP contribution is -2.46. The van der Waals surface area contributed by atoms with Crippen molar-refractivity contribution in [3.05, 3.63) is 23.8 Å². The summed E-state index contributed by atoms with van der Waals surface area (Å²) < 4.78 is 10.6. The molecule has 0 aliphatic heterocycles. The fourth-order valence-corrected chi connectivity index (χ4v) is 2.00. The number of hydrogen-bond donors (Lipinski definition) is 3. The number of ether oxygens (including phenoxy) is 2. The minimum atomic E-state index is -0.939. The van der Waals surface area contributed by atoms with Crippen LogP contribution in [0.5, 0.6) is 5.75 Å². The molecule has 0 saturated carbocycles. The second-order valence-corrected chi connectivity index (χ2v) is 8.46. The van der Waals surface area contributed by atoms with Crippen molar-refractivity contribution in [3.8, 4) is 5.75 Å². The number of benzene rings is 1. The average molecular weight is 366 g/mol. The Morgan fingerprint density at radius 1 is 1.19 bits per heavy atom. The predicted molar refractivity (Wildman–Crippen MR) is 99.8 cm³/mol. The number of phenolic OH excluding ortho intramolecular Hbond substituents is 1. The summed E-state index contributed by atoms with van der Waals surface area (Å²) in [6, 6.07) is 3.68. The summed E-state index contributed by atoms with van der Waals surface area (Å²) in [7, 11) is 0. The highest BCUT2D eigenvalue weighted by Gasteiger charge is 2.28. The first-order valence-corrected chi connectivity index (χ1v) is 8.50. The number of nitrogen functional groups attached to an aromatic ring is 1. The van der Waals surface area contributed by atoms with Crippen molar-refractivity contribution in [1.82, 2.24) is 5.32 Å². The maximum absolute atomic E-state index is 12.5. The van der Waals surface area contributed by atoms with Gasteiger partial charge in [-0.15, -0.1) is 0 Å². The molecule has 7 heteroatoms. The predicted octanol–water partition coefficient (Wildman–Crippen LogP) is 3.00. The van der Waals surface area contributed by atoms with Crippen LogP contribution in [0.4, 0.5) is 10.5 Å². The van der Waals surface area contributed by atoms with Gasteiger partial charge in [0.15, 0.2) is 0 Å². The van der Waals surface area contributed by atoms with Crippen LogP contribution in [0.2, 0.25) is 0 Å². The summed E-state index contributed by atoms with van der Waals surface area (Å²) in [5.74, 6) is -0.614. The van der Waals surface area contributed by atoms with Gasteiger partial charge < -0.3 is 25.6 Å². The summed E-state index contributed by atoms with van der Waals surface area (Å²) in [6.45, 7) is 11.3. The first-order valence-electron chi connectivity index (χ1n) is 8.50. The normalized spacial score (nSPS) is 13.0. The van der Waals surface area contributed by atoms with Crippen molar-refractivity contribution in [2.24, 2.45) is 5.41 Å². The Balaban J connectivity index is 2.89. The zero-order valence-corrected chi connectivity index (χ0v) is 16.4. The third-order valence-corrected chi connectivity index (χ3v) is 3.15. The van der Waals surface area contributed by atoms with E-state index >= 15 is 0 Å². The number of carbonyl (C=O) groups is 2. The van der Waals surface area contributed by atoms with Crippen LogP contribution in [0.1, 0.15) is 47.1 Å². The molecule has 1 aromatic rings. The van der Waals surface area contributed by atoms with E-state index in [2.05, 4.69) is 5.32 Å². The van der Waals surface area contributed by atoms with Crippen LogP contribution in [0.25, 0.3) is 0 Å². The van der Waals surface area contributed by atoms with Crippen molar-refractivity contribution >= 4 is 17.7 Å². The summed E-state index contributed by atoms with van der Waals surface area (Å²) >= 11 is 0. The molecule has 0 spiro atoms. The minimum Gasteiger partial charge on any atom is -0.506 e. The van der Waals surface area contributed by atoms with E-state index in [0.29, 0.717) is 5.56 Å². The van der Waals surface area contributed by atoms with Crippen molar-refractivity contribution in [2.75, 3.05) is 12.3 Å². The topological polar surface area (TPSA) is 111 Å². The third kappa shape index (κ3) is 8.09. The van der Waals surface area contributed by atoms with Crippen molar-refractivity contribution in [3.63, 3.8) is 0 Å². The van der Waals surface area contributed by atoms with Gasteiger partial charge in [-0.3, -0.25) is 0 Å². The van der Waals surface area contributed by atoms with Gasteiger partial charge in [-0.1, -0.05) is 26.8 Å². The number of anilines is 1. The van der Waals surface area contributed by atoms with E-state index < -0.39 is 23.7 Å². The van der Waals surface area contributed by atoms with Gasteiger partial charge in [0.1, 0.15) is 17.4 Å². The van der Waals surface area contributed by atoms with Crippen LogP contribution in [-0.2, 0) is 20.7 Å². The molecule has 1 rings (SSSR count). The number of nitrogens with one attached hydrogen (secondary N) is 1. The molecular weight excluding hydrogens is 336 g/mol. The number of phenols is 1. The van der Waals surface area contributed by atoms with Gasteiger partial charge >= 0.3 is 12.1 Å². The standard InChI is InChI=1S/C19H30N2O5/c1-18(2,3)11-25-17(24)21-14(16(23)26-19(4,5)6)10-12-7-8-15(22)13(20)9-12/h7-9,14,22H,10-11,20H2,1-6H3,(H,21,24)/t14-/m0/s1. The minimum absolute atomic E-state index is 0.0416. The fourth-order valence-electron chi connectivity index (χ4n) is 2.00. The van der Waals surface area contributed by atoms with Gasteiger partial charge in [0.25, 0.3) is 0 Å². The van der Waals surface area contributed by atoms with E-state index in [1.807, 2.05) is 20.8 Å². The van der Waals surface area contributed by atoms with Gasteiger partial charge in [0.2, 0.25) is 0 Å². The van der Waals surface area contributed by atoms with E-state index in [4.69, 9.17) is 15.2 Å². The van der Waals surface area contributed by atoms with E-state index in [1.54, 1.807) is 32.9 Å². The first kappa shape index (κ1) is 21.6. The zero-order chi connectivity index (χ0) is 20.1. The molecule has 0 saturated heterocycles. The number of carbonyl (C=O) groups excluding carboxylic acids is 2. The summed E-state index contributed by atoms with van der Waals surface area (Å²) in [6.07, 6.45) is -0.535. The Morgan fingerprint density at radius 2 is 1.81 bits per heavy atom. The summed E-state index contributed by atoms with van der Waals surface area (Å²) in [5.41, 5.74) is 5.68. The van der Waals surface area contributed by atoms with Crippen LogP contribution in [0, 0.1) is 5.41 Å². The number of esters is 1. The molecule has 1 aromatic carbocycles. The molecule has 0 fully saturated rings. The van der Waals surface area contributed by atoms with Gasteiger partial charge in [0.05, 0.1) is 12.3 Å². The van der Waals surface area contributed by atoms with Crippen molar-refractivity contribution in [2.45, 2.75) is 59.6 Å². The molecule has 0 aliphatic rings. The molecule has 1 atom stereocenters. The number of nitrogens with two attached hydrogens (primary N) is 1. The summed E-state index contributed by atoms with van der Waals surface area (Å²) in [5, 5.41) is 12.1. The molecule has 7 nitrogen and oxygen atoms in total. The van der Waals surface area contributed by atoms with Gasteiger partial charge in [-0.2, -0.15) is 0 Å². The SMILES string of the molecule is CC(C)(C)COC(=O)N[C@@H](Cc1ccc(O)c(N)c1)C(=O)OC(C)(C)C. The number of amides is 1. The van der Waals surface area contributed by atoms with Gasteiger partial charge in [0, 0.05) is 6.42 Å². The first-order chi connectivity index (χ1) is 11.8. The quantitative estimate of drug-likeness (QED) is 0.420. The van der Waals surface area contributed by atoms with Crippen molar-refractivity contribution < 1.29 is 24.2 Å². The third-order valence-electron chi connectivity index (χ3n) is 3.15.